The summed E-state index contributed by atoms with van der Waals surface area (Å²) in [6, 6.07) is 16.2. The molecule has 106 valence electrons. The van der Waals surface area contributed by atoms with Gasteiger partial charge in [0.15, 0.2) is 12.4 Å². The lowest BCUT2D eigenvalue weighted by atomic mass is 10.1. The van der Waals surface area contributed by atoms with Crippen molar-refractivity contribution < 1.29 is 14.3 Å². The van der Waals surface area contributed by atoms with Gasteiger partial charge >= 0.3 is 5.97 Å². The highest BCUT2D eigenvalue weighted by Crippen LogP contribution is 2.07. The van der Waals surface area contributed by atoms with E-state index in [0.29, 0.717) is 5.56 Å². The first-order valence-electron chi connectivity index (χ1n) is 6.64. The molecule has 0 bridgehead atoms. The van der Waals surface area contributed by atoms with Crippen molar-refractivity contribution in [3.63, 3.8) is 0 Å². The molecule has 3 nitrogen and oxygen atoms in total. The third-order valence-corrected chi connectivity index (χ3v) is 3.02. The maximum absolute atomic E-state index is 11.8. The van der Waals surface area contributed by atoms with Crippen molar-refractivity contribution in [3.8, 4) is 0 Å². The van der Waals surface area contributed by atoms with Crippen LogP contribution in [-0.4, -0.2) is 18.4 Å². The Morgan fingerprint density at radius 3 is 2.29 bits per heavy atom. The second-order valence-electron chi connectivity index (χ2n) is 4.57. The molecule has 0 unspecified atom stereocenters. The molecule has 2 rings (SSSR count). The maximum Gasteiger partial charge on any atom is 0.310 e. The van der Waals surface area contributed by atoms with E-state index >= 15 is 0 Å². The number of Topliss-reactive ketones (excluding diaryl/α,β-unsaturated/α-hetero) is 1. The van der Waals surface area contributed by atoms with Crippen LogP contribution in [0.15, 0.2) is 61.2 Å². The van der Waals surface area contributed by atoms with Crippen LogP contribution in [0.25, 0.3) is 6.08 Å². The van der Waals surface area contributed by atoms with Crippen molar-refractivity contribution in [2.45, 2.75) is 6.42 Å². The highest BCUT2D eigenvalue weighted by Gasteiger charge is 2.10. The van der Waals surface area contributed by atoms with E-state index in [1.165, 1.54) is 0 Å². The molecule has 0 aliphatic rings. The molecule has 0 N–H and O–H groups in total. The van der Waals surface area contributed by atoms with E-state index in [1.54, 1.807) is 30.3 Å². The van der Waals surface area contributed by atoms with Crippen LogP contribution in [0, 0.1) is 0 Å². The zero-order valence-corrected chi connectivity index (χ0v) is 11.6. The Kier molecular flexibility index (Phi) is 5.04. The summed E-state index contributed by atoms with van der Waals surface area (Å²) in [7, 11) is 0. The summed E-state index contributed by atoms with van der Waals surface area (Å²) in [6.45, 7) is 3.44. The summed E-state index contributed by atoms with van der Waals surface area (Å²) in [6.07, 6.45) is 1.89. The van der Waals surface area contributed by atoms with Gasteiger partial charge in [-0.15, -0.1) is 0 Å². The lowest BCUT2D eigenvalue weighted by Gasteiger charge is -2.05. The summed E-state index contributed by atoms with van der Waals surface area (Å²) < 4.78 is 5.01. The van der Waals surface area contributed by atoms with E-state index < -0.39 is 5.97 Å². The van der Waals surface area contributed by atoms with Gasteiger partial charge in [0.25, 0.3) is 0 Å². The molecule has 0 aromatic heterocycles. The predicted molar refractivity (Wildman–Crippen MR) is 82.0 cm³/mol. The average molecular weight is 280 g/mol. The second kappa shape index (κ2) is 7.20. The quantitative estimate of drug-likeness (QED) is 0.602. The Hall–Kier alpha value is -2.68. The molecule has 0 fully saturated rings. The van der Waals surface area contributed by atoms with Crippen LogP contribution in [0.1, 0.15) is 21.5 Å². The second-order valence-corrected chi connectivity index (χ2v) is 4.57. The summed E-state index contributed by atoms with van der Waals surface area (Å²) in [5.74, 6) is -0.614. The number of carbonyl (C=O) groups is 2. The first-order chi connectivity index (χ1) is 10.2. The molecule has 3 heteroatoms. The summed E-state index contributed by atoms with van der Waals surface area (Å²) in [4.78, 5) is 23.5. The molecule has 0 heterocycles. The highest BCUT2D eigenvalue weighted by molar-refractivity contribution is 5.97. The Morgan fingerprint density at radius 1 is 1.00 bits per heavy atom. The van der Waals surface area contributed by atoms with E-state index in [0.717, 1.165) is 11.1 Å². The van der Waals surface area contributed by atoms with E-state index in [1.807, 2.05) is 30.3 Å². The molecule has 2 aromatic rings. The zero-order chi connectivity index (χ0) is 15.1. The molecule has 0 amide bonds. The number of ketones is 1. The standard InChI is InChI=1S/C18H16O3/c1-2-14-8-10-15(11-9-14)12-18(20)21-13-17(19)16-6-4-3-5-7-16/h2-11H,1,12-13H2. The smallest absolute Gasteiger partial charge is 0.310 e. The van der Waals surface area contributed by atoms with Gasteiger partial charge < -0.3 is 4.74 Å². The fourth-order valence-electron chi connectivity index (χ4n) is 1.84. The molecule has 0 saturated carbocycles. The van der Waals surface area contributed by atoms with Crippen molar-refractivity contribution in [1.82, 2.24) is 0 Å². The van der Waals surface area contributed by atoms with Crippen molar-refractivity contribution >= 4 is 17.8 Å². The van der Waals surface area contributed by atoms with Crippen molar-refractivity contribution in [1.29, 1.82) is 0 Å². The number of rotatable bonds is 6. The van der Waals surface area contributed by atoms with Gasteiger partial charge in [0, 0.05) is 5.56 Å². The van der Waals surface area contributed by atoms with Gasteiger partial charge in [-0.1, -0.05) is 67.3 Å². The Morgan fingerprint density at radius 2 is 1.67 bits per heavy atom. The van der Waals surface area contributed by atoms with E-state index in [9.17, 15) is 9.59 Å². The normalized spacial score (nSPS) is 9.90. The minimum Gasteiger partial charge on any atom is -0.457 e. The average Bonchev–Trinajstić information content (AvgIpc) is 2.54. The summed E-state index contributed by atoms with van der Waals surface area (Å²) in [5, 5.41) is 0. The molecule has 0 saturated heterocycles. The lowest BCUT2D eigenvalue weighted by Crippen LogP contribution is -2.15. The van der Waals surface area contributed by atoms with Crippen LogP contribution in [0.2, 0.25) is 0 Å². The fourth-order valence-corrected chi connectivity index (χ4v) is 1.84. The van der Waals surface area contributed by atoms with E-state index in [4.69, 9.17) is 4.74 Å². The first kappa shape index (κ1) is 14.7. The van der Waals surface area contributed by atoms with Gasteiger partial charge in [0.1, 0.15) is 0 Å². The third-order valence-electron chi connectivity index (χ3n) is 3.02. The van der Waals surface area contributed by atoms with Crippen LogP contribution >= 0.6 is 0 Å². The largest absolute Gasteiger partial charge is 0.457 e. The minimum absolute atomic E-state index is 0.152. The first-order valence-corrected chi connectivity index (χ1v) is 6.64. The van der Waals surface area contributed by atoms with Gasteiger partial charge in [-0.25, -0.2) is 0 Å². The van der Waals surface area contributed by atoms with Crippen LogP contribution in [0.5, 0.6) is 0 Å². The van der Waals surface area contributed by atoms with Gasteiger partial charge in [0.05, 0.1) is 6.42 Å². The van der Waals surface area contributed by atoms with Crippen molar-refractivity contribution in [2.24, 2.45) is 0 Å². The minimum atomic E-state index is -0.411. The Labute approximate surface area is 123 Å². The van der Waals surface area contributed by atoms with Crippen LogP contribution in [-0.2, 0) is 16.0 Å². The van der Waals surface area contributed by atoms with Gasteiger partial charge in [-0.3, -0.25) is 9.59 Å². The molecule has 21 heavy (non-hydrogen) atoms. The number of hydrogen-bond donors (Lipinski definition) is 0. The molecule has 0 atom stereocenters. The number of carbonyl (C=O) groups excluding carboxylic acids is 2. The lowest BCUT2D eigenvalue weighted by molar-refractivity contribution is -0.141. The van der Waals surface area contributed by atoms with Crippen LogP contribution in [0.3, 0.4) is 0 Å². The number of hydrogen-bond acceptors (Lipinski definition) is 3. The van der Waals surface area contributed by atoms with Gasteiger partial charge in [-0.05, 0) is 11.1 Å². The summed E-state index contributed by atoms with van der Waals surface area (Å²) in [5.41, 5.74) is 2.38. The van der Waals surface area contributed by atoms with Gasteiger partial charge in [-0.2, -0.15) is 0 Å². The zero-order valence-electron chi connectivity index (χ0n) is 11.6. The number of ether oxygens (including phenoxy) is 1. The molecular weight excluding hydrogens is 264 g/mol. The van der Waals surface area contributed by atoms with Gasteiger partial charge in [0.2, 0.25) is 0 Å². The maximum atomic E-state index is 11.8. The van der Waals surface area contributed by atoms with E-state index in [2.05, 4.69) is 6.58 Å². The number of benzene rings is 2. The predicted octanol–water partition coefficient (Wildman–Crippen LogP) is 3.30. The Balaban J connectivity index is 1.84. The van der Waals surface area contributed by atoms with Crippen LogP contribution in [0.4, 0.5) is 0 Å². The monoisotopic (exact) mass is 280 g/mol. The number of esters is 1. The van der Waals surface area contributed by atoms with E-state index in [-0.39, 0.29) is 18.8 Å². The molecule has 0 spiro atoms. The topological polar surface area (TPSA) is 43.4 Å². The third kappa shape index (κ3) is 4.42. The molecule has 2 aromatic carbocycles. The van der Waals surface area contributed by atoms with Crippen molar-refractivity contribution in [2.75, 3.05) is 6.61 Å². The molecular formula is C18H16O3. The SMILES string of the molecule is C=Cc1ccc(CC(=O)OCC(=O)c2ccccc2)cc1. The molecule has 0 aliphatic heterocycles. The van der Waals surface area contributed by atoms with Crippen molar-refractivity contribution in [3.05, 3.63) is 77.9 Å². The fraction of sp³-hybridized carbons (Fsp3) is 0.111. The van der Waals surface area contributed by atoms with Crippen LogP contribution < -0.4 is 0 Å². The summed E-state index contributed by atoms with van der Waals surface area (Å²) >= 11 is 0. The molecule has 0 radical (unpaired) electrons. The highest BCUT2D eigenvalue weighted by atomic mass is 16.5. The molecule has 0 aliphatic carbocycles. The Bertz CT molecular complexity index is 627.